The van der Waals surface area contributed by atoms with Crippen molar-refractivity contribution in [3.63, 3.8) is 0 Å². The Hall–Kier alpha value is -1.56. The van der Waals surface area contributed by atoms with Gasteiger partial charge in [-0.25, -0.2) is 4.98 Å². The molecule has 0 N–H and O–H groups in total. The van der Waals surface area contributed by atoms with Crippen molar-refractivity contribution in [2.24, 2.45) is 0 Å². The Morgan fingerprint density at radius 1 is 1.50 bits per heavy atom. The zero-order chi connectivity index (χ0) is 14.7. The third-order valence-electron chi connectivity index (χ3n) is 3.14. The van der Waals surface area contributed by atoms with Crippen molar-refractivity contribution >= 4 is 29.3 Å². The van der Waals surface area contributed by atoms with Crippen LogP contribution in [0.4, 0.5) is 5.69 Å². The largest absolute Gasteiger partial charge is 0.349 e. The van der Waals surface area contributed by atoms with E-state index >= 15 is 0 Å². The monoisotopic (exact) mass is 293 g/mol. The minimum atomic E-state index is -0.376. The van der Waals surface area contributed by atoms with Gasteiger partial charge in [0.2, 0.25) is 11.8 Å². The van der Waals surface area contributed by atoms with Crippen molar-refractivity contribution in [2.45, 2.75) is 30.0 Å². The summed E-state index contributed by atoms with van der Waals surface area (Å²) in [5.41, 5.74) is 0.859. The molecule has 2 rings (SSSR count). The third kappa shape index (κ3) is 2.95. The summed E-state index contributed by atoms with van der Waals surface area (Å²) in [7, 11) is 3.41. The van der Waals surface area contributed by atoms with Gasteiger partial charge in [0.25, 0.3) is 0 Å². The van der Waals surface area contributed by atoms with Gasteiger partial charge in [0.1, 0.15) is 5.03 Å². The molecule has 1 atom stereocenters. The lowest BCUT2D eigenvalue weighted by Gasteiger charge is -2.32. The number of carbonyl (C=O) groups excluding carboxylic acids is 2. The minimum Gasteiger partial charge on any atom is -0.349 e. The number of rotatable bonds is 4. The molecular weight excluding hydrogens is 274 g/mol. The molecule has 0 bridgehead atoms. The van der Waals surface area contributed by atoms with Crippen LogP contribution < -0.4 is 4.90 Å². The number of hydrogen-bond donors (Lipinski definition) is 0. The van der Waals surface area contributed by atoms with E-state index in [1.54, 1.807) is 25.2 Å². The second-order valence-electron chi connectivity index (χ2n) is 4.92. The van der Waals surface area contributed by atoms with E-state index < -0.39 is 0 Å². The van der Waals surface area contributed by atoms with E-state index in [0.29, 0.717) is 6.54 Å². The van der Waals surface area contributed by atoms with Crippen LogP contribution in [0.1, 0.15) is 19.8 Å². The highest BCUT2D eigenvalue weighted by Gasteiger charge is 2.35. The van der Waals surface area contributed by atoms with Crippen LogP contribution in [0.2, 0.25) is 0 Å². The van der Waals surface area contributed by atoms with Gasteiger partial charge in [-0.3, -0.25) is 9.59 Å². The van der Waals surface area contributed by atoms with Gasteiger partial charge in [-0.1, -0.05) is 18.7 Å². The topological polar surface area (TPSA) is 53.5 Å². The van der Waals surface area contributed by atoms with E-state index in [2.05, 4.69) is 4.98 Å². The van der Waals surface area contributed by atoms with Crippen LogP contribution in [0, 0.1) is 0 Å². The Labute approximate surface area is 123 Å². The summed E-state index contributed by atoms with van der Waals surface area (Å²) in [6, 6.07) is 3.74. The predicted octanol–water partition coefficient (Wildman–Crippen LogP) is 1.78. The summed E-state index contributed by atoms with van der Waals surface area (Å²) >= 11 is 1.39. The molecule has 1 aromatic rings. The molecule has 1 unspecified atom stereocenters. The van der Waals surface area contributed by atoms with Crippen molar-refractivity contribution in [1.82, 2.24) is 9.88 Å². The number of thioether (sulfide) groups is 1. The average Bonchev–Trinajstić information content (AvgIpc) is 2.43. The molecular formula is C14H19N3O2S. The van der Waals surface area contributed by atoms with Gasteiger partial charge in [-0.2, -0.15) is 0 Å². The second-order valence-corrected chi connectivity index (χ2v) is 6.11. The standard InChI is InChI=1S/C14H19N3O2S/c1-4-8-17-10-6-5-7-15-13(10)20-11(14(17)19)9-12(18)16(2)3/h5-7,11H,4,8-9H2,1-3H3. The normalized spacial score (nSPS) is 17.9. The summed E-state index contributed by atoms with van der Waals surface area (Å²) in [6.45, 7) is 2.69. The number of nitrogens with zero attached hydrogens (tertiary/aromatic N) is 3. The summed E-state index contributed by atoms with van der Waals surface area (Å²) in [5.74, 6) is -0.0285. The first-order valence-corrected chi connectivity index (χ1v) is 7.55. The van der Waals surface area contributed by atoms with E-state index in [0.717, 1.165) is 17.1 Å². The van der Waals surface area contributed by atoms with Crippen LogP contribution in [0.15, 0.2) is 23.4 Å². The number of hydrogen-bond acceptors (Lipinski definition) is 4. The molecule has 0 aliphatic carbocycles. The van der Waals surface area contributed by atoms with Gasteiger partial charge in [0.15, 0.2) is 0 Å². The Kier molecular flexibility index (Phi) is 4.65. The third-order valence-corrected chi connectivity index (χ3v) is 4.33. The lowest BCUT2D eigenvalue weighted by atomic mass is 10.2. The molecule has 0 radical (unpaired) electrons. The molecule has 0 aromatic carbocycles. The van der Waals surface area contributed by atoms with E-state index in [4.69, 9.17) is 0 Å². The fourth-order valence-corrected chi connectivity index (χ4v) is 3.22. The number of aromatic nitrogens is 1. The van der Waals surface area contributed by atoms with E-state index in [1.165, 1.54) is 16.7 Å². The molecule has 5 nitrogen and oxygen atoms in total. The number of carbonyl (C=O) groups is 2. The first kappa shape index (κ1) is 14.8. The first-order valence-electron chi connectivity index (χ1n) is 6.67. The van der Waals surface area contributed by atoms with Gasteiger partial charge in [0, 0.05) is 33.3 Å². The van der Waals surface area contributed by atoms with Crippen LogP contribution >= 0.6 is 11.8 Å². The van der Waals surface area contributed by atoms with Crippen LogP contribution in [-0.2, 0) is 9.59 Å². The molecule has 6 heteroatoms. The van der Waals surface area contributed by atoms with Gasteiger partial charge in [-0.05, 0) is 18.6 Å². The highest BCUT2D eigenvalue weighted by Crippen LogP contribution is 2.38. The fraction of sp³-hybridized carbons (Fsp3) is 0.500. The summed E-state index contributed by atoms with van der Waals surface area (Å²) in [6.07, 6.45) is 2.81. The van der Waals surface area contributed by atoms with Crippen molar-refractivity contribution in [3.8, 4) is 0 Å². The fourth-order valence-electron chi connectivity index (χ4n) is 2.08. The molecule has 0 fully saturated rings. The molecule has 2 amide bonds. The molecule has 1 aliphatic rings. The maximum atomic E-state index is 12.5. The van der Waals surface area contributed by atoms with Gasteiger partial charge >= 0.3 is 0 Å². The molecule has 108 valence electrons. The highest BCUT2D eigenvalue weighted by atomic mass is 32.2. The minimum absolute atomic E-state index is 0.00699. The first-order chi connectivity index (χ1) is 9.54. The zero-order valence-electron chi connectivity index (χ0n) is 12.0. The zero-order valence-corrected chi connectivity index (χ0v) is 12.8. The number of amides is 2. The number of pyridine rings is 1. The van der Waals surface area contributed by atoms with Gasteiger partial charge in [-0.15, -0.1) is 0 Å². The lowest BCUT2D eigenvalue weighted by molar-refractivity contribution is -0.130. The smallest absolute Gasteiger partial charge is 0.241 e. The molecule has 1 aromatic heterocycles. The lowest BCUT2D eigenvalue weighted by Crippen LogP contribution is -2.43. The molecule has 2 heterocycles. The van der Waals surface area contributed by atoms with Crippen molar-refractivity contribution in [2.75, 3.05) is 25.5 Å². The SMILES string of the molecule is CCCN1C(=O)C(CC(=O)N(C)C)Sc2ncccc21. The Morgan fingerprint density at radius 3 is 2.90 bits per heavy atom. The van der Waals surface area contributed by atoms with Gasteiger partial charge in [0.05, 0.1) is 10.9 Å². The molecule has 0 saturated heterocycles. The predicted molar refractivity (Wildman–Crippen MR) is 79.8 cm³/mol. The van der Waals surface area contributed by atoms with Crippen LogP contribution in [0.3, 0.4) is 0 Å². The Morgan fingerprint density at radius 2 is 2.25 bits per heavy atom. The van der Waals surface area contributed by atoms with Crippen LogP contribution in [0.5, 0.6) is 0 Å². The number of fused-ring (bicyclic) bond motifs is 1. The quantitative estimate of drug-likeness (QED) is 0.849. The Bertz CT molecular complexity index is 519. The van der Waals surface area contributed by atoms with Crippen molar-refractivity contribution < 1.29 is 9.59 Å². The van der Waals surface area contributed by atoms with Crippen molar-refractivity contribution in [1.29, 1.82) is 0 Å². The molecule has 20 heavy (non-hydrogen) atoms. The molecule has 1 aliphatic heterocycles. The van der Waals surface area contributed by atoms with Crippen LogP contribution in [-0.4, -0.2) is 47.6 Å². The highest BCUT2D eigenvalue weighted by molar-refractivity contribution is 8.00. The maximum absolute atomic E-state index is 12.5. The summed E-state index contributed by atoms with van der Waals surface area (Å²) < 4.78 is 0. The van der Waals surface area contributed by atoms with E-state index in [-0.39, 0.29) is 23.5 Å². The molecule has 0 saturated carbocycles. The summed E-state index contributed by atoms with van der Waals surface area (Å²) in [4.78, 5) is 32.0. The van der Waals surface area contributed by atoms with E-state index in [1.807, 2.05) is 19.1 Å². The average molecular weight is 293 g/mol. The van der Waals surface area contributed by atoms with E-state index in [9.17, 15) is 9.59 Å². The maximum Gasteiger partial charge on any atom is 0.241 e. The summed E-state index contributed by atoms with van der Waals surface area (Å²) in [5, 5.41) is 0.455. The number of anilines is 1. The molecule has 0 spiro atoms. The van der Waals surface area contributed by atoms with Crippen molar-refractivity contribution in [3.05, 3.63) is 18.3 Å². The van der Waals surface area contributed by atoms with Gasteiger partial charge < -0.3 is 9.80 Å². The second kappa shape index (κ2) is 6.26. The van der Waals surface area contributed by atoms with Crippen LogP contribution in [0.25, 0.3) is 0 Å². The Balaban J connectivity index is 2.26.